The van der Waals surface area contributed by atoms with Gasteiger partial charge in [0, 0.05) is 13.0 Å². The number of ether oxygens (including phenoxy) is 1. The van der Waals surface area contributed by atoms with E-state index >= 15 is 0 Å². The molecule has 0 saturated carbocycles. The standard InChI is InChI=1S/C14H30N2O2/c1-5-7-8-10-18-12(3)11-14(4,13(15)17)16-9-6-2/h12,16H,5-11H2,1-4H3,(H2,15,17). The maximum atomic E-state index is 11.5. The number of carbonyl (C=O) groups is 1. The van der Waals surface area contributed by atoms with Gasteiger partial charge in [0.25, 0.3) is 0 Å². The zero-order valence-corrected chi connectivity index (χ0v) is 12.4. The van der Waals surface area contributed by atoms with Crippen LogP contribution in [0.2, 0.25) is 0 Å². The van der Waals surface area contributed by atoms with Gasteiger partial charge in [-0.15, -0.1) is 0 Å². The van der Waals surface area contributed by atoms with Crippen molar-refractivity contribution in [3.63, 3.8) is 0 Å². The molecule has 0 radical (unpaired) electrons. The number of carbonyl (C=O) groups excluding carboxylic acids is 1. The molecule has 4 nitrogen and oxygen atoms in total. The highest BCUT2D eigenvalue weighted by atomic mass is 16.5. The van der Waals surface area contributed by atoms with Crippen LogP contribution in [0.15, 0.2) is 0 Å². The van der Waals surface area contributed by atoms with Crippen molar-refractivity contribution in [1.29, 1.82) is 0 Å². The summed E-state index contributed by atoms with van der Waals surface area (Å²) in [5.74, 6) is -0.306. The van der Waals surface area contributed by atoms with E-state index in [0.717, 1.165) is 26.0 Å². The van der Waals surface area contributed by atoms with E-state index in [4.69, 9.17) is 10.5 Å². The fourth-order valence-electron chi connectivity index (χ4n) is 1.93. The first-order chi connectivity index (χ1) is 8.46. The Kier molecular flexibility index (Phi) is 9.02. The summed E-state index contributed by atoms with van der Waals surface area (Å²) in [5.41, 5.74) is 4.81. The summed E-state index contributed by atoms with van der Waals surface area (Å²) < 4.78 is 5.72. The van der Waals surface area contributed by atoms with E-state index in [0.29, 0.717) is 6.42 Å². The zero-order valence-electron chi connectivity index (χ0n) is 12.4. The molecule has 4 heteroatoms. The van der Waals surface area contributed by atoms with Gasteiger partial charge in [-0.3, -0.25) is 4.79 Å². The molecule has 0 rings (SSSR count). The Bertz CT molecular complexity index is 234. The van der Waals surface area contributed by atoms with Gasteiger partial charge in [-0.25, -0.2) is 0 Å². The Morgan fingerprint density at radius 3 is 2.50 bits per heavy atom. The topological polar surface area (TPSA) is 64.3 Å². The quantitative estimate of drug-likeness (QED) is 0.558. The van der Waals surface area contributed by atoms with E-state index in [2.05, 4.69) is 19.2 Å². The molecule has 0 saturated heterocycles. The average Bonchev–Trinajstić information content (AvgIpc) is 2.32. The molecular formula is C14H30N2O2. The lowest BCUT2D eigenvalue weighted by Crippen LogP contribution is -2.55. The van der Waals surface area contributed by atoms with Crippen LogP contribution in [0.3, 0.4) is 0 Å². The minimum atomic E-state index is -0.666. The molecule has 0 aliphatic carbocycles. The molecule has 0 fully saturated rings. The zero-order chi connectivity index (χ0) is 14.0. The van der Waals surface area contributed by atoms with Crippen LogP contribution >= 0.6 is 0 Å². The van der Waals surface area contributed by atoms with Crippen LogP contribution in [0.5, 0.6) is 0 Å². The normalized spacial score (nSPS) is 16.2. The van der Waals surface area contributed by atoms with Crippen LogP contribution in [0.25, 0.3) is 0 Å². The number of hydrogen-bond donors (Lipinski definition) is 2. The second-order valence-electron chi connectivity index (χ2n) is 5.22. The summed E-state index contributed by atoms with van der Waals surface area (Å²) in [5, 5.41) is 3.22. The van der Waals surface area contributed by atoms with Crippen molar-refractivity contribution in [2.45, 2.75) is 71.4 Å². The van der Waals surface area contributed by atoms with Crippen molar-refractivity contribution in [2.24, 2.45) is 5.73 Å². The minimum absolute atomic E-state index is 0.0451. The van der Waals surface area contributed by atoms with E-state index in [-0.39, 0.29) is 12.0 Å². The van der Waals surface area contributed by atoms with Crippen molar-refractivity contribution in [3.8, 4) is 0 Å². The predicted molar refractivity (Wildman–Crippen MR) is 75.4 cm³/mol. The predicted octanol–water partition coefficient (Wildman–Crippen LogP) is 2.22. The van der Waals surface area contributed by atoms with Crippen molar-refractivity contribution in [1.82, 2.24) is 5.32 Å². The molecular weight excluding hydrogens is 228 g/mol. The van der Waals surface area contributed by atoms with Gasteiger partial charge in [-0.2, -0.15) is 0 Å². The molecule has 1 amide bonds. The smallest absolute Gasteiger partial charge is 0.237 e. The van der Waals surface area contributed by atoms with Gasteiger partial charge in [0.2, 0.25) is 5.91 Å². The summed E-state index contributed by atoms with van der Waals surface area (Å²) in [4.78, 5) is 11.5. The van der Waals surface area contributed by atoms with Gasteiger partial charge in [0.05, 0.1) is 11.6 Å². The van der Waals surface area contributed by atoms with Crippen LogP contribution in [0.1, 0.15) is 59.8 Å². The average molecular weight is 258 g/mol. The summed E-state index contributed by atoms with van der Waals surface area (Å²) in [7, 11) is 0. The molecule has 0 aromatic heterocycles. The van der Waals surface area contributed by atoms with Crippen LogP contribution in [-0.2, 0) is 9.53 Å². The maximum absolute atomic E-state index is 11.5. The molecule has 2 unspecified atom stereocenters. The Morgan fingerprint density at radius 2 is 2.00 bits per heavy atom. The third kappa shape index (κ3) is 6.97. The Hall–Kier alpha value is -0.610. The molecule has 2 atom stereocenters. The first-order valence-electron chi connectivity index (χ1n) is 7.12. The van der Waals surface area contributed by atoms with E-state index in [1.54, 1.807) is 0 Å². The van der Waals surface area contributed by atoms with Crippen LogP contribution in [0.4, 0.5) is 0 Å². The van der Waals surface area contributed by atoms with Crippen molar-refractivity contribution in [3.05, 3.63) is 0 Å². The van der Waals surface area contributed by atoms with E-state index in [1.165, 1.54) is 12.8 Å². The van der Waals surface area contributed by atoms with E-state index in [1.807, 2.05) is 13.8 Å². The molecule has 0 bridgehead atoms. The third-order valence-electron chi connectivity index (χ3n) is 3.15. The van der Waals surface area contributed by atoms with Crippen LogP contribution in [-0.4, -0.2) is 30.7 Å². The summed E-state index contributed by atoms with van der Waals surface area (Å²) in [6.07, 6.45) is 5.10. The van der Waals surface area contributed by atoms with E-state index < -0.39 is 5.54 Å². The van der Waals surface area contributed by atoms with Crippen molar-refractivity contribution < 1.29 is 9.53 Å². The molecule has 0 aliphatic rings. The lowest BCUT2D eigenvalue weighted by atomic mass is 9.93. The second-order valence-corrected chi connectivity index (χ2v) is 5.22. The fourth-order valence-corrected chi connectivity index (χ4v) is 1.93. The third-order valence-corrected chi connectivity index (χ3v) is 3.15. The minimum Gasteiger partial charge on any atom is -0.378 e. The highest BCUT2D eigenvalue weighted by molar-refractivity contribution is 5.84. The monoisotopic (exact) mass is 258 g/mol. The summed E-state index contributed by atoms with van der Waals surface area (Å²) in [6, 6.07) is 0. The van der Waals surface area contributed by atoms with Gasteiger partial charge in [-0.1, -0.05) is 26.7 Å². The highest BCUT2D eigenvalue weighted by Gasteiger charge is 2.32. The number of nitrogens with one attached hydrogen (secondary N) is 1. The number of primary amides is 1. The Labute approximate surface area is 112 Å². The van der Waals surface area contributed by atoms with Gasteiger partial charge in [0.1, 0.15) is 0 Å². The maximum Gasteiger partial charge on any atom is 0.237 e. The molecule has 0 spiro atoms. The highest BCUT2D eigenvalue weighted by Crippen LogP contribution is 2.15. The fraction of sp³-hybridized carbons (Fsp3) is 0.929. The number of hydrogen-bond acceptors (Lipinski definition) is 3. The Morgan fingerprint density at radius 1 is 1.33 bits per heavy atom. The molecule has 18 heavy (non-hydrogen) atoms. The van der Waals surface area contributed by atoms with Gasteiger partial charge >= 0.3 is 0 Å². The molecule has 0 aromatic rings. The van der Waals surface area contributed by atoms with Gasteiger partial charge in [-0.05, 0) is 33.2 Å². The Balaban J connectivity index is 4.10. The molecule has 108 valence electrons. The summed E-state index contributed by atoms with van der Waals surface area (Å²) in [6.45, 7) is 9.65. The lowest BCUT2D eigenvalue weighted by molar-refractivity contribution is -0.125. The first kappa shape index (κ1) is 17.4. The largest absolute Gasteiger partial charge is 0.378 e. The number of nitrogens with two attached hydrogens (primary N) is 1. The van der Waals surface area contributed by atoms with Gasteiger partial charge in [0.15, 0.2) is 0 Å². The number of rotatable bonds is 11. The molecule has 0 aliphatic heterocycles. The van der Waals surface area contributed by atoms with Crippen LogP contribution < -0.4 is 11.1 Å². The van der Waals surface area contributed by atoms with Crippen LogP contribution in [0, 0.1) is 0 Å². The molecule has 0 aromatic carbocycles. The van der Waals surface area contributed by atoms with Crippen molar-refractivity contribution >= 4 is 5.91 Å². The first-order valence-corrected chi connectivity index (χ1v) is 7.12. The lowest BCUT2D eigenvalue weighted by Gasteiger charge is -2.30. The number of amides is 1. The van der Waals surface area contributed by atoms with Crippen molar-refractivity contribution in [2.75, 3.05) is 13.2 Å². The van der Waals surface area contributed by atoms with Gasteiger partial charge < -0.3 is 15.8 Å². The number of unbranched alkanes of at least 4 members (excludes halogenated alkanes) is 2. The summed E-state index contributed by atoms with van der Waals surface area (Å²) >= 11 is 0. The van der Waals surface area contributed by atoms with E-state index in [9.17, 15) is 4.79 Å². The SMILES string of the molecule is CCCCCOC(C)CC(C)(NCCC)C(N)=O. The molecule has 0 heterocycles. The second kappa shape index (κ2) is 9.34. The molecule has 3 N–H and O–H groups in total.